The zero-order valence-corrected chi connectivity index (χ0v) is 22.2. The molecule has 0 radical (unpaired) electrons. The number of rotatable bonds is 12. The fraction of sp³-hybridized carbons (Fsp3) is 0.269. The minimum absolute atomic E-state index is 0.166. The molecule has 41 heavy (non-hydrogen) atoms. The fourth-order valence-corrected chi connectivity index (χ4v) is 4.40. The van der Waals surface area contributed by atoms with Gasteiger partial charge in [0.15, 0.2) is 11.9 Å². The van der Waals surface area contributed by atoms with Gasteiger partial charge in [0, 0.05) is 12.6 Å². The van der Waals surface area contributed by atoms with Crippen LogP contribution in [-0.2, 0) is 28.9 Å². The Hall–Kier alpha value is -4.50. The SMILES string of the molecule is O=C(Cc1cccc(OC(F)(F)F)c1)Nc1ccc(CCCCc2nnc(NC(=O)C(O)c3ccccn3)s2)nn1. The molecule has 0 saturated carbocycles. The molecule has 1 atom stereocenters. The lowest BCUT2D eigenvalue weighted by Crippen LogP contribution is -2.21. The molecule has 0 aliphatic carbocycles. The highest BCUT2D eigenvalue weighted by Gasteiger charge is 2.31. The van der Waals surface area contributed by atoms with Crippen LogP contribution < -0.4 is 15.4 Å². The largest absolute Gasteiger partial charge is 0.573 e. The highest BCUT2D eigenvalue weighted by molar-refractivity contribution is 7.15. The van der Waals surface area contributed by atoms with Crippen LogP contribution in [0.15, 0.2) is 60.8 Å². The van der Waals surface area contributed by atoms with Crippen molar-refractivity contribution in [3.05, 3.63) is 82.8 Å². The molecule has 1 aromatic carbocycles. The predicted molar refractivity (Wildman–Crippen MR) is 142 cm³/mol. The molecule has 214 valence electrons. The van der Waals surface area contributed by atoms with E-state index in [2.05, 4.69) is 40.7 Å². The van der Waals surface area contributed by atoms with Crippen molar-refractivity contribution in [2.75, 3.05) is 10.6 Å². The second-order valence-corrected chi connectivity index (χ2v) is 9.75. The number of aromatic nitrogens is 5. The molecule has 0 aliphatic heterocycles. The monoisotopic (exact) mass is 587 g/mol. The number of aryl methyl sites for hydroxylation is 2. The van der Waals surface area contributed by atoms with Crippen molar-refractivity contribution < 1.29 is 32.6 Å². The zero-order chi connectivity index (χ0) is 29.2. The number of hydrogen-bond acceptors (Lipinski definition) is 10. The quantitative estimate of drug-likeness (QED) is 0.209. The lowest BCUT2D eigenvalue weighted by atomic mass is 10.1. The summed E-state index contributed by atoms with van der Waals surface area (Å²) in [4.78, 5) is 28.5. The molecule has 0 spiro atoms. The molecule has 2 amide bonds. The number of carbonyl (C=O) groups is 2. The number of hydrogen-bond donors (Lipinski definition) is 3. The summed E-state index contributed by atoms with van der Waals surface area (Å²) in [5, 5.41) is 32.3. The van der Waals surface area contributed by atoms with Crippen LogP contribution in [0.25, 0.3) is 0 Å². The number of unbranched alkanes of at least 4 members (excludes halogenated alkanes) is 1. The van der Waals surface area contributed by atoms with Crippen LogP contribution in [0.5, 0.6) is 5.75 Å². The van der Waals surface area contributed by atoms with E-state index >= 15 is 0 Å². The summed E-state index contributed by atoms with van der Waals surface area (Å²) in [5.41, 5.74) is 1.30. The molecule has 0 aliphatic rings. The first-order valence-electron chi connectivity index (χ1n) is 12.3. The first-order valence-corrected chi connectivity index (χ1v) is 13.2. The second-order valence-electron chi connectivity index (χ2n) is 8.68. The van der Waals surface area contributed by atoms with Crippen molar-refractivity contribution in [1.82, 2.24) is 25.4 Å². The molecule has 1 unspecified atom stereocenters. The van der Waals surface area contributed by atoms with Gasteiger partial charge in [0.25, 0.3) is 5.91 Å². The lowest BCUT2D eigenvalue weighted by molar-refractivity contribution is -0.274. The molecule has 15 heteroatoms. The smallest absolute Gasteiger partial charge is 0.406 e. The summed E-state index contributed by atoms with van der Waals surface area (Å²) >= 11 is 1.22. The van der Waals surface area contributed by atoms with Crippen LogP contribution in [0.4, 0.5) is 24.1 Å². The van der Waals surface area contributed by atoms with E-state index in [1.54, 1.807) is 30.3 Å². The number of nitrogens with zero attached hydrogens (tertiary/aromatic N) is 5. The average molecular weight is 588 g/mol. The number of aliphatic hydroxyl groups is 1. The van der Waals surface area contributed by atoms with Gasteiger partial charge in [-0.2, -0.15) is 5.10 Å². The van der Waals surface area contributed by atoms with E-state index in [4.69, 9.17) is 0 Å². The molecule has 0 fully saturated rings. The van der Waals surface area contributed by atoms with E-state index in [-0.39, 0.29) is 23.1 Å². The van der Waals surface area contributed by atoms with Gasteiger partial charge >= 0.3 is 6.36 Å². The maximum absolute atomic E-state index is 12.4. The van der Waals surface area contributed by atoms with E-state index in [1.165, 1.54) is 29.7 Å². The number of anilines is 2. The van der Waals surface area contributed by atoms with E-state index in [1.807, 2.05) is 0 Å². The van der Waals surface area contributed by atoms with Crippen molar-refractivity contribution >= 4 is 34.1 Å². The molecule has 0 bridgehead atoms. The Bertz CT molecular complexity index is 1450. The average Bonchev–Trinajstić information content (AvgIpc) is 3.38. The number of carbonyl (C=O) groups excluding carboxylic acids is 2. The first kappa shape index (κ1) is 29.5. The van der Waals surface area contributed by atoms with Crippen LogP contribution >= 0.6 is 11.3 Å². The molecule has 3 aromatic heterocycles. The van der Waals surface area contributed by atoms with Crippen LogP contribution in [0.3, 0.4) is 0 Å². The summed E-state index contributed by atoms with van der Waals surface area (Å²) < 4.78 is 41.1. The highest BCUT2D eigenvalue weighted by Crippen LogP contribution is 2.24. The van der Waals surface area contributed by atoms with Crippen molar-refractivity contribution in [2.45, 2.75) is 44.6 Å². The zero-order valence-electron chi connectivity index (χ0n) is 21.3. The van der Waals surface area contributed by atoms with Crippen LogP contribution in [0.2, 0.25) is 0 Å². The molecular formula is C26H24F3N7O4S. The number of alkyl halides is 3. The van der Waals surface area contributed by atoms with Crippen molar-refractivity contribution in [2.24, 2.45) is 0 Å². The van der Waals surface area contributed by atoms with Gasteiger partial charge in [0.1, 0.15) is 10.8 Å². The van der Waals surface area contributed by atoms with E-state index in [0.29, 0.717) is 24.1 Å². The maximum atomic E-state index is 12.4. The van der Waals surface area contributed by atoms with Crippen molar-refractivity contribution in [1.29, 1.82) is 0 Å². The van der Waals surface area contributed by atoms with E-state index < -0.39 is 30.0 Å². The minimum atomic E-state index is -4.81. The topological polar surface area (TPSA) is 152 Å². The maximum Gasteiger partial charge on any atom is 0.573 e. The van der Waals surface area contributed by atoms with Gasteiger partial charge in [0.05, 0.1) is 17.8 Å². The third-order valence-electron chi connectivity index (χ3n) is 5.47. The molecule has 4 rings (SSSR count). The van der Waals surface area contributed by atoms with Gasteiger partial charge in [-0.25, -0.2) is 0 Å². The number of aliphatic hydroxyl groups excluding tert-OH is 1. The van der Waals surface area contributed by atoms with E-state index in [9.17, 15) is 27.9 Å². The first-order chi connectivity index (χ1) is 19.6. The molecule has 0 saturated heterocycles. The van der Waals surface area contributed by atoms with Gasteiger partial charge in [-0.1, -0.05) is 29.5 Å². The molecule has 4 aromatic rings. The summed E-state index contributed by atoms with van der Waals surface area (Å²) in [6.07, 6.45) is -2.10. The van der Waals surface area contributed by atoms with Crippen molar-refractivity contribution in [3.8, 4) is 5.75 Å². The molecule has 11 nitrogen and oxygen atoms in total. The number of benzene rings is 1. The second kappa shape index (κ2) is 13.7. The third-order valence-corrected chi connectivity index (χ3v) is 6.37. The van der Waals surface area contributed by atoms with Gasteiger partial charge in [-0.15, -0.1) is 28.5 Å². The molecular weight excluding hydrogens is 563 g/mol. The summed E-state index contributed by atoms with van der Waals surface area (Å²) in [7, 11) is 0. The number of ether oxygens (including phenoxy) is 1. The fourth-order valence-electron chi connectivity index (χ4n) is 3.62. The van der Waals surface area contributed by atoms with E-state index in [0.717, 1.165) is 30.0 Å². The Balaban J connectivity index is 1.17. The van der Waals surface area contributed by atoms with Crippen LogP contribution in [-0.4, -0.2) is 48.7 Å². The third kappa shape index (κ3) is 9.58. The Labute approximate surface area is 235 Å². The summed E-state index contributed by atoms with van der Waals surface area (Å²) in [6, 6.07) is 13.4. The Morgan fingerprint density at radius 1 is 0.951 bits per heavy atom. The predicted octanol–water partition coefficient (Wildman–Crippen LogP) is 4.04. The molecule has 3 heterocycles. The summed E-state index contributed by atoms with van der Waals surface area (Å²) in [6.45, 7) is 0. The number of nitrogens with one attached hydrogen (secondary N) is 2. The Morgan fingerprint density at radius 2 is 1.78 bits per heavy atom. The number of pyridine rings is 1. The standard InChI is InChI=1S/C26H24F3N7O4S/c27-26(28,29)40-18-8-5-6-16(14-18)15-21(37)31-20-12-11-17(33-34-20)7-1-2-10-22-35-36-25(41-22)32-24(39)23(38)19-9-3-4-13-30-19/h3-6,8-9,11-14,23,38H,1-2,7,10,15H2,(H,31,34,37)(H,32,36,39). The van der Waals surface area contributed by atoms with Gasteiger partial charge in [-0.3, -0.25) is 19.9 Å². The van der Waals surface area contributed by atoms with Gasteiger partial charge in [-0.05, 0) is 61.2 Å². The lowest BCUT2D eigenvalue weighted by Gasteiger charge is -2.10. The minimum Gasteiger partial charge on any atom is -0.406 e. The number of halogens is 3. The Kier molecular flexibility index (Phi) is 9.86. The van der Waals surface area contributed by atoms with Crippen molar-refractivity contribution in [3.63, 3.8) is 0 Å². The normalized spacial score (nSPS) is 12.0. The Morgan fingerprint density at radius 3 is 2.51 bits per heavy atom. The molecule has 3 N–H and O–H groups in total. The van der Waals surface area contributed by atoms with Gasteiger partial charge < -0.3 is 15.2 Å². The highest BCUT2D eigenvalue weighted by atomic mass is 32.1. The summed E-state index contributed by atoms with van der Waals surface area (Å²) in [5.74, 6) is -1.29. The van der Waals surface area contributed by atoms with Crippen LogP contribution in [0, 0.1) is 0 Å². The number of amides is 2. The van der Waals surface area contributed by atoms with Gasteiger partial charge in [0.2, 0.25) is 11.0 Å². The van der Waals surface area contributed by atoms with Crippen LogP contribution in [0.1, 0.15) is 40.9 Å².